The van der Waals surface area contributed by atoms with Gasteiger partial charge in [-0.2, -0.15) is 4.98 Å². The van der Waals surface area contributed by atoms with Crippen LogP contribution in [0.1, 0.15) is 11.5 Å². The highest BCUT2D eigenvalue weighted by atomic mass is 35.5. The molecule has 0 bridgehead atoms. The molecule has 6 nitrogen and oxygen atoms in total. The van der Waals surface area contributed by atoms with E-state index in [1.54, 1.807) is 23.9 Å². The molecule has 4 rings (SSSR count). The Labute approximate surface area is 185 Å². The molecule has 1 fully saturated rings. The summed E-state index contributed by atoms with van der Waals surface area (Å²) >= 11 is 7.53. The third-order valence-electron chi connectivity index (χ3n) is 5.10. The zero-order valence-corrected chi connectivity index (χ0v) is 18.3. The van der Waals surface area contributed by atoms with Crippen LogP contribution in [0.5, 0.6) is 0 Å². The topological polar surface area (TPSA) is 62.5 Å². The van der Waals surface area contributed by atoms with Gasteiger partial charge in [-0.1, -0.05) is 35.0 Å². The minimum Gasteiger partial charge on any atom is -0.339 e. The molecule has 1 saturated heterocycles. The molecule has 0 atom stereocenters. The Morgan fingerprint density at radius 1 is 1.10 bits per heavy atom. The summed E-state index contributed by atoms with van der Waals surface area (Å²) in [5.74, 6) is 1.79. The molecular weight excluding hydrogens is 420 g/mol. The normalized spacial score (nSPS) is 14.8. The largest absolute Gasteiger partial charge is 0.339 e. The number of thioether (sulfide) groups is 1. The summed E-state index contributed by atoms with van der Waals surface area (Å²) in [6.07, 6.45) is 0. The lowest BCUT2D eigenvalue weighted by atomic mass is 10.2. The Hall–Kier alpha value is -2.35. The van der Waals surface area contributed by atoms with Crippen molar-refractivity contribution in [3.05, 3.63) is 65.0 Å². The molecule has 2 heterocycles. The molecule has 3 aromatic rings. The number of amides is 1. The SMILES string of the molecule is Cc1ccccc1SCC(=O)N1CCN(Cc2nc(-c3ccc(Cl)cc3)no2)CC1. The van der Waals surface area contributed by atoms with Crippen LogP contribution in [0.25, 0.3) is 11.4 Å². The monoisotopic (exact) mass is 442 g/mol. The number of nitrogens with zero attached hydrogens (tertiary/aromatic N) is 4. The maximum atomic E-state index is 12.6. The number of piperazine rings is 1. The second-order valence-corrected chi connectivity index (χ2v) is 8.68. The predicted octanol–water partition coefficient (Wildman–Crippen LogP) is 4.13. The van der Waals surface area contributed by atoms with Crippen LogP contribution in [-0.2, 0) is 11.3 Å². The number of carbonyl (C=O) groups excluding carboxylic acids is 1. The summed E-state index contributed by atoms with van der Waals surface area (Å²) in [5, 5.41) is 4.74. The number of rotatable bonds is 6. The third kappa shape index (κ3) is 5.22. The maximum absolute atomic E-state index is 12.6. The minimum absolute atomic E-state index is 0.186. The standard InChI is InChI=1S/C22H23ClN4O2S/c1-16-4-2-3-5-19(16)30-15-21(28)27-12-10-26(11-13-27)14-20-24-22(25-29-20)17-6-8-18(23)9-7-17/h2-9H,10-15H2,1H3. The average molecular weight is 443 g/mol. The smallest absolute Gasteiger partial charge is 0.241 e. The zero-order valence-electron chi connectivity index (χ0n) is 16.8. The van der Waals surface area contributed by atoms with E-state index in [9.17, 15) is 4.79 Å². The van der Waals surface area contributed by atoms with Crippen LogP contribution >= 0.6 is 23.4 Å². The van der Waals surface area contributed by atoms with Crippen molar-refractivity contribution < 1.29 is 9.32 Å². The van der Waals surface area contributed by atoms with E-state index in [4.69, 9.17) is 16.1 Å². The van der Waals surface area contributed by atoms with Crippen LogP contribution in [0.2, 0.25) is 5.02 Å². The lowest BCUT2D eigenvalue weighted by Gasteiger charge is -2.33. The van der Waals surface area contributed by atoms with Gasteiger partial charge in [-0.15, -0.1) is 11.8 Å². The second kappa shape index (κ2) is 9.64. The van der Waals surface area contributed by atoms with Crippen molar-refractivity contribution >= 4 is 29.3 Å². The molecule has 30 heavy (non-hydrogen) atoms. The van der Waals surface area contributed by atoms with Gasteiger partial charge in [-0.25, -0.2) is 0 Å². The van der Waals surface area contributed by atoms with Gasteiger partial charge >= 0.3 is 0 Å². The number of hydrogen-bond acceptors (Lipinski definition) is 6. The van der Waals surface area contributed by atoms with Crippen molar-refractivity contribution in [1.29, 1.82) is 0 Å². The van der Waals surface area contributed by atoms with Gasteiger partial charge in [0.15, 0.2) is 0 Å². The molecule has 0 radical (unpaired) electrons. The third-order valence-corrected chi connectivity index (χ3v) is 6.51. The number of benzene rings is 2. The molecule has 1 amide bonds. The van der Waals surface area contributed by atoms with Gasteiger partial charge < -0.3 is 9.42 Å². The van der Waals surface area contributed by atoms with Gasteiger partial charge in [0.25, 0.3) is 0 Å². The fourth-order valence-electron chi connectivity index (χ4n) is 3.33. The van der Waals surface area contributed by atoms with Gasteiger partial charge in [-0.05, 0) is 42.8 Å². The summed E-state index contributed by atoms with van der Waals surface area (Å²) in [7, 11) is 0. The van der Waals surface area contributed by atoms with Gasteiger partial charge in [-0.3, -0.25) is 9.69 Å². The Balaban J connectivity index is 1.25. The molecule has 0 spiro atoms. The molecule has 0 saturated carbocycles. The number of carbonyl (C=O) groups is 1. The summed E-state index contributed by atoms with van der Waals surface area (Å²) in [4.78, 5) is 22.4. The first kappa shape index (κ1) is 20.9. The number of aromatic nitrogens is 2. The highest BCUT2D eigenvalue weighted by Gasteiger charge is 2.22. The molecule has 0 unspecified atom stereocenters. The van der Waals surface area contributed by atoms with E-state index in [0.717, 1.165) is 23.5 Å². The highest BCUT2D eigenvalue weighted by Crippen LogP contribution is 2.23. The van der Waals surface area contributed by atoms with Crippen LogP contribution in [0.4, 0.5) is 0 Å². The van der Waals surface area contributed by atoms with Crippen LogP contribution in [0.3, 0.4) is 0 Å². The van der Waals surface area contributed by atoms with E-state index in [1.165, 1.54) is 5.56 Å². The summed E-state index contributed by atoms with van der Waals surface area (Å²) in [5.41, 5.74) is 2.08. The number of hydrogen-bond donors (Lipinski definition) is 0. The van der Waals surface area contributed by atoms with Gasteiger partial charge in [0.2, 0.25) is 17.6 Å². The Kier molecular flexibility index (Phi) is 6.72. The molecule has 8 heteroatoms. The summed E-state index contributed by atoms with van der Waals surface area (Å²) in [6, 6.07) is 15.5. The fourth-order valence-corrected chi connectivity index (χ4v) is 4.39. The van der Waals surface area contributed by atoms with Crippen molar-refractivity contribution in [3.63, 3.8) is 0 Å². The van der Waals surface area contributed by atoms with Crippen LogP contribution < -0.4 is 0 Å². The molecule has 156 valence electrons. The first-order valence-corrected chi connectivity index (χ1v) is 11.2. The van der Waals surface area contributed by atoms with Crippen molar-refractivity contribution in [2.45, 2.75) is 18.4 Å². The molecule has 1 aliphatic heterocycles. The van der Waals surface area contributed by atoms with E-state index in [0.29, 0.717) is 42.1 Å². The molecule has 1 aliphatic rings. The van der Waals surface area contributed by atoms with E-state index < -0.39 is 0 Å². The number of aryl methyl sites for hydroxylation is 1. The lowest BCUT2D eigenvalue weighted by Crippen LogP contribution is -2.48. The van der Waals surface area contributed by atoms with E-state index >= 15 is 0 Å². The second-order valence-electron chi connectivity index (χ2n) is 7.23. The lowest BCUT2D eigenvalue weighted by molar-refractivity contribution is -0.130. The average Bonchev–Trinajstić information content (AvgIpc) is 3.22. The number of halogens is 1. The van der Waals surface area contributed by atoms with E-state index in [-0.39, 0.29) is 5.91 Å². The minimum atomic E-state index is 0.186. The Morgan fingerprint density at radius 3 is 2.57 bits per heavy atom. The van der Waals surface area contributed by atoms with Gasteiger partial charge in [0.1, 0.15) is 0 Å². The van der Waals surface area contributed by atoms with Crippen molar-refractivity contribution in [2.24, 2.45) is 0 Å². The molecular formula is C22H23ClN4O2S. The molecule has 1 aromatic heterocycles. The highest BCUT2D eigenvalue weighted by molar-refractivity contribution is 8.00. The Bertz CT molecular complexity index is 1000. The zero-order chi connectivity index (χ0) is 20.9. The fraction of sp³-hybridized carbons (Fsp3) is 0.318. The molecule has 2 aromatic carbocycles. The Morgan fingerprint density at radius 2 is 1.83 bits per heavy atom. The quantitative estimate of drug-likeness (QED) is 0.535. The van der Waals surface area contributed by atoms with E-state index in [2.05, 4.69) is 34.1 Å². The predicted molar refractivity (Wildman–Crippen MR) is 119 cm³/mol. The first-order valence-electron chi connectivity index (χ1n) is 9.85. The van der Waals surface area contributed by atoms with Crippen LogP contribution in [0, 0.1) is 6.92 Å². The first-order chi connectivity index (χ1) is 14.6. The summed E-state index contributed by atoms with van der Waals surface area (Å²) in [6.45, 7) is 5.66. The van der Waals surface area contributed by atoms with Crippen LogP contribution in [0.15, 0.2) is 57.9 Å². The van der Waals surface area contributed by atoms with Crippen molar-refractivity contribution in [1.82, 2.24) is 19.9 Å². The van der Waals surface area contributed by atoms with E-state index in [1.807, 2.05) is 29.2 Å². The van der Waals surface area contributed by atoms with Gasteiger partial charge in [0.05, 0.1) is 12.3 Å². The molecule has 0 N–H and O–H groups in total. The van der Waals surface area contributed by atoms with Crippen molar-refractivity contribution in [3.8, 4) is 11.4 Å². The van der Waals surface area contributed by atoms with Crippen molar-refractivity contribution in [2.75, 3.05) is 31.9 Å². The maximum Gasteiger partial charge on any atom is 0.241 e. The summed E-state index contributed by atoms with van der Waals surface area (Å²) < 4.78 is 5.41. The van der Waals surface area contributed by atoms with Gasteiger partial charge in [0, 0.05) is 41.7 Å². The van der Waals surface area contributed by atoms with Crippen LogP contribution in [-0.4, -0.2) is 57.8 Å². The molecule has 0 aliphatic carbocycles.